The number of para-hydroxylation sites is 2. The van der Waals surface area contributed by atoms with Crippen molar-refractivity contribution < 1.29 is 5.11 Å². The van der Waals surface area contributed by atoms with E-state index in [2.05, 4.69) is 45.9 Å². The predicted octanol–water partition coefficient (Wildman–Crippen LogP) is 1.43. The zero-order valence-electron chi connectivity index (χ0n) is 15.4. The number of benzene rings is 1. The molecule has 0 bridgehead atoms. The molecule has 1 fully saturated rings. The largest absolute Gasteiger partial charge is 0.506 e. The molecular formula is C18H31N5O. The lowest BCUT2D eigenvalue weighted by atomic mass is 10.2. The van der Waals surface area contributed by atoms with Crippen LogP contribution in [0.5, 0.6) is 5.75 Å². The number of guanidine groups is 1. The zero-order chi connectivity index (χ0) is 17.5. The van der Waals surface area contributed by atoms with Crippen LogP contribution in [-0.4, -0.2) is 80.3 Å². The van der Waals surface area contributed by atoms with E-state index >= 15 is 0 Å². The summed E-state index contributed by atoms with van der Waals surface area (Å²) in [5.74, 6) is 1.31. The molecular weight excluding hydrogens is 302 g/mol. The van der Waals surface area contributed by atoms with Gasteiger partial charge in [-0.25, -0.2) is 0 Å². The van der Waals surface area contributed by atoms with Gasteiger partial charge in [-0.05, 0) is 33.0 Å². The molecule has 0 atom stereocenters. The molecule has 0 spiro atoms. The molecule has 1 aliphatic heterocycles. The van der Waals surface area contributed by atoms with Crippen molar-refractivity contribution in [2.75, 3.05) is 58.3 Å². The molecule has 134 valence electrons. The summed E-state index contributed by atoms with van der Waals surface area (Å²) in [5, 5.41) is 13.5. The second kappa shape index (κ2) is 8.78. The summed E-state index contributed by atoms with van der Waals surface area (Å²) in [5.41, 5.74) is 0.915. The molecule has 2 rings (SSSR count). The number of rotatable bonds is 5. The smallest absolute Gasteiger partial charge is 0.193 e. The third-order valence-electron chi connectivity index (χ3n) is 4.64. The second-order valence-corrected chi connectivity index (χ2v) is 6.51. The van der Waals surface area contributed by atoms with E-state index in [1.54, 1.807) is 6.07 Å². The van der Waals surface area contributed by atoms with Crippen molar-refractivity contribution in [1.82, 2.24) is 15.1 Å². The van der Waals surface area contributed by atoms with Gasteiger partial charge in [-0.3, -0.25) is 4.99 Å². The SMILES string of the molecule is CN=C(NCCN(C)C(C)C)N1CCN(c2ccccc2O)CC1. The van der Waals surface area contributed by atoms with Gasteiger partial charge in [0.1, 0.15) is 5.75 Å². The molecule has 1 aromatic carbocycles. The van der Waals surface area contributed by atoms with Crippen LogP contribution in [0.3, 0.4) is 0 Å². The third-order valence-corrected chi connectivity index (χ3v) is 4.64. The Hall–Kier alpha value is -1.95. The Bertz CT molecular complexity index is 538. The lowest BCUT2D eigenvalue weighted by Gasteiger charge is -2.38. The fourth-order valence-electron chi connectivity index (χ4n) is 2.83. The summed E-state index contributed by atoms with van der Waals surface area (Å²) in [6, 6.07) is 8.09. The number of aliphatic imine (C=N–C) groups is 1. The molecule has 24 heavy (non-hydrogen) atoms. The summed E-state index contributed by atoms with van der Waals surface area (Å²) >= 11 is 0. The highest BCUT2D eigenvalue weighted by Gasteiger charge is 2.21. The number of phenols is 1. The van der Waals surface area contributed by atoms with Crippen molar-refractivity contribution in [2.45, 2.75) is 19.9 Å². The molecule has 0 aliphatic carbocycles. The van der Waals surface area contributed by atoms with Gasteiger partial charge in [0, 0.05) is 52.4 Å². The highest BCUT2D eigenvalue weighted by Crippen LogP contribution is 2.27. The first-order valence-electron chi connectivity index (χ1n) is 8.71. The van der Waals surface area contributed by atoms with Crippen molar-refractivity contribution in [3.8, 4) is 5.75 Å². The monoisotopic (exact) mass is 333 g/mol. The van der Waals surface area contributed by atoms with Gasteiger partial charge in [0.05, 0.1) is 5.69 Å². The highest BCUT2D eigenvalue weighted by molar-refractivity contribution is 5.80. The Kier molecular flexibility index (Phi) is 6.73. The van der Waals surface area contributed by atoms with Crippen LogP contribution in [-0.2, 0) is 0 Å². The van der Waals surface area contributed by atoms with Gasteiger partial charge in [-0.15, -0.1) is 0 Å². The van der Waals surface area contributed by atoms with Crippen LogP contribution < -0.4 is 10.2 Å². The van der Waals surface area contributed by atoms with Crippen LogP contribution in [0, 0.1) is 0 Å². The van der Waals surface area contributed by atoms with Crippen molar-refractivity contribution in [3.05, 3.63) is 24.3 Å². The van der Waals surface area contributed by atoms with Gasteiger partial charge < -0.3 is 25.1 Å². The standard InChI is InChI=1S/C18H31N5O/c1-15(2)21(4)10-9-20-18(19-3)23-13-11-22(12-14-23)16-7-5-6-8-17(16)24/h5-8,15,24H,9-14H2,1-4H3,(H,19,20). The predicted molar refractivity (Wildman–Crippen MR) is 101 cm³/mol. The van der Waals surface area contributed by atoms with Crippen LogP contribution in [0.25, 0.3) is 0 Å². The molecule has 6 heteroatoms. The van der Waals surface area contributed by atoms with Crippen molar-refractivity contribution >= 4 is 11.6 Å². The van der Waals surface area contributed by atoms with E-state index in [9.17, 15) is 5.11 Å². The first-order chi connectivity index (χ1) is 11.5. The van der Waals surface area contributed by atoms with E-state index in [1.807, 2.05) is 25.2 Å². The van der Waals surface area contributed by atoms with Gasteiger partial charge in [0.2, 0.25) is 0 Å². The van der Waals surface area contributed by atoms with E-state index in [1.165, 1.54) is 0 Å². The van der Waals surface area contributed by atoms with Crippen LogP contribution in [0.1, 0.15) is 13.8 Å². The molecule has 2 N–H and O–H groups in total. The summed E-state index contributed by atoms with van der Waals surface area (Å²) in [6.07, 6.45) is 0. The number of hydrogen-bond donors (Lipinski definition) is 2. The molecule has 1 heterocycles. The fraction of sp³-hybridized carbons (Fsp3) is 0.611. The van der Waals surface area contributed by atoms with Gasteiger partial charge in [-0.1, -0.05) is 12.1 Å². The number of nitrogens with zero attached hydrogens (tertiary/aromatic N) is 4. The third kappa shape index (κ3) is 4.77. The van der Waals surface area contributed by atoms with Crippen molar-refractivity contribution in [3.63, 3.8) is 0 Å². The Morgan fingerprint density at radius 2 is 1.92 bits per heavy atom. The minimum atomic E-state index is 0.352. The maximum absolute atomic E-state index is 10.0. The Morgan fingerprint density at radius 1 is 1.25 bits per heavy atom. The van der Waals surface area contributed by atoms with E-state index < -0.39 is 0 Å². The molecule has 0 amide bonds. The van der Waals surface area contributed by atoms with Gasteiger partial charge in [0.25, 0.3) is 0 Å². The first-order valence-corrected chi connectivity index (χ1v) is 8.71. The zero-order valence-corrected chi connectivity index (χ0v) is 15.4. The number of phenolic OH excluding ortho intramolecular Hbond substituents is 1. The molecule has 1 aliphatic rings. The van der Waals surface area contributed by atoms with Crippen LogP contribution in [0.15, 0.2) is 29.3 Å². The average Bonchev–Trinajstić information content (AvgIpc) is 2.59. The molecule has 0 radical (unpaired) electrons. The number of aromatic hydroxyl groups is 1. The van der Waals surface area contributed by atoms with Crippen molar-refractivity contribution in [2.24, 2.45) is 4.99 Å². The summed E-state index contributed by atoms with van der Waals surface area (Å²) in [6.45, 7) is 9.84. The maximum atomic E-state index is 10.0. The Balaban J connectivity index is 1.83. The van der Waals surface area contributed by atoms with E-state index in [0.29, 0.717) is 11.8 Å². The molecule has 6 nitrogen and oxygen atoms in total. The average molecular weight is 333 g/mol. The minimum Gasteiger partial charge on any atom is -0.506 e. The number of anilines is 1. The second-order valence-electron chi connectivity index (χ2n) is 6.51. The Morgan fingerprint density at radius 3 is 2.50 bits per heavy atom. The quantitative estimate of drug-likeness (QED) is 0.631. The van der Waals surface area contributed by atoms with E-state index in [-0.39, 0.29) is 0 Å². The molecule has 0 saturated carbocycles. The summed E-state index contributed by atoms with van der Waals surface area (Å²) < 4.78 is 0. The van der Waals surface area contributed by atoms with Gasteiger partial charge in [0.15, 0.2) is 5.96 Å². The molecule has 1 aromatic rings. The number of piperazine rings is 1. The molecule has 1 saturated heterocycles. The molecule has 0 unspecified atom stereocenters. The van der Waals surface area contributed by atoms with Crippen molar-refractivity contribution in [1.29, 1.82) is 0 Å². The van der Waals surface area contributed by atoms with Crippen LogP contribution in [0.2, 0.25) is 0 Å². The number of likely N-dealkylation sites (N-methyl/N-ethyl adjacent to an activating group) is 1. The number of nitrogens with one attached hydrogen (secondary N) is 1. The molecule has 0 aromatic heterocycles. The van der Waals surface area contributed by atoms with Crippen LogP contribution in [0.4, 0.5) is 5.69 Å². The Labute approximate surface area is 145 Å². The number of hydrogen-bond acceptors (Lipinski definition) is 4. The summed E-state index contributed by atoms with van der Waals surface area (Å²) in [7, 11) is 3.98. The summed E-state index contributed by atoms with van der Waals surface area (Å²) in [4.78, 5) is 11.2. The minimum absolute atomic E-state index is 0.352. The lowest BCUT2D eigenvalue weighted by molar-refractivity contribution is 0.275. The fourth-order valence-corrected chi connectivity index (χ4v) is 2.83. The van der Waals surface area contributed by atoms with E-state index in [0.717, 1.165) is 50.9 Å². The van der Waals surface area contributed by atoms with E-state index in [4.69, 9.17) is 0 Å². The maximum Gasteiger partial charge on any atom is 0.193 e. The lowest BCUT2D eigenvalue weighted by Crippen LogP contribution is -2.53. The van der Waals surface area contributed by atoms with Gasteiger partial charge in [-0.2, -0.15) is 0 Å². The topological polar surface area (TPSA) is 54.3 Å². The highest BCUT2D eigenvalue weighted by atomic mass is 16.3. The van der Waals surface area contributed by atoms with Gasteiger partial charge >= 0.3 is 0 Å². The first kappa shape index (κ1) is 18.4. The normalized spacial score (nSPS) is 16.2. The van der Waals surface area contributed by atoms with Crippen LogP contribution >= 0.6 is 0 Å².